The van der Waals surface area contributed by atoms with Gasteiger partial charge in [0.05, 0.1) is 5.69 Å². The first kappa shape index (κ1) is 7.02. The van der Waals surface area contributed by atoms with Crippen molar-refractivity contribution in [2.45, 2.75) is 6.92 Å². The molecule has 0 saturated carbocycles. The molecule has 0 aromatic heterocycles. The summed E-state index contributed by atoms with van der Waals surface area (Å²) in [5.41, 5.74) is 5.51. The molecule has 0 atom stereocenters. The molecule has 0 radical (unpaired) electrons. The van der Waals surface area contributed by atoms with Crippen molar-refractivity contribution >= 4 is 5.69 Å². The van der Waals surface area contributed by atoms with Crippen LogP contribution in [0.25, 0.3) is 0 Å². The maximum Gasteiger partial charge on any atom is 0.0515 e. The minimum absolute atomic E-state index is 0.725. The third-order valence-electron chi connectivity index (χ3n) is 1.21. The monoisotopic (exact) mass is 140 g/mol. The molecule has 0 spiro atoms. The number of halogens is 1. The summed E-state index contributed by atoms with van der Waals surface area (Å²) in [7, 11) is 0. The van der Waals surface area contributed by atoms with E-state index in [9.17, 15) is 4.48 Å². The Hall–Kier alpha value is -1.09. The van der Waals surface area contributed by atoms with Crippen LogP contribution in [0.3, 0.4) is 0 Å². The van der Waals surface area contributed by atoms with Crippen LogP contribution >= 0.6 is 0 Å². The topological polar surface area (TPSA) is 24.1 Å². The maximum atomic E-state index is 11.4. The van der Waals surface area contributed by atoms with Crippen molar-refractivity contribution in [3.8, 4) is 0 Å². The zero-order valence-corrected chi connectivity index (χ0v) is 5.69. The summed E-state index contributed by atoms with van der Waals surface area (Å²) in [4.78, 5) is 0. The normalized spacial score (nSPS) is 9.40. The van der Waals surface area contributed by atoms with Gasteiger partial charge in [-0.2, -0.15) is 0 Å². The van der Waals surface area contributed by atoms with Crippen molar-refractivity contribution in [3.63, 3.8) is 0 Å². The highest BCUT2D eigenvalue weighted by molar-refractivity contribution is 5.43. The molecular formula is C7H9FN2. The third-order valence-corrected chi connectivity index (χ3v) is 1.21. The Morgan fingerprint density at radius 1 is 1.40 bits per heavy atom. The van der Waals surface area contributed by atoms with E-state index in [1.807, 2.05) is 25.1 Å². The summed E-state index contributed by atoms with van der Waals surface area (Å²) >= 11 is 0. The van der Waals surface area contributed by atoms with Crippen molar-refractivity contribution in [1.29, 1.82) is 0 Å². The lowest BCUT2D eigenvalue weighted by molar-refractivity contribution is 0.376. The molecule has 54 valence electrons. The zero-order chi connectivity index (χ0) is 7.40. The molecule has 0 aliphatic rings. The quantitative estimate of drug-likeness (QED) is 0.483. The van der Waals surface area contributed by atoms with Gasteiger partial charge in [0.1, 0.15) is 0 Å². The molecule has 1 aromatic rings. The number of aryl methyl sites for hydroxylation is 1. The first-order valence-electron chi connectivity index (χ1n) is 3.01. The zero-order valence-electron chi connectivity index (χ0n) is 5.69. The highest BCUT2D eigenvalue weighted by Crippen LogP contribution is 2.07. The maximum absolute atomic E-state index is 11.4. The predicted octanol–water partition coefficient (Wildman–Crippen LogP) is 1.80. The molecule has 0 aliphatic heterocycles. The highest BCUT2D eigenvalue weighted by Gasteiger charge is 1.87. The molecule has 2 N–H and O–H groups in total. The van der Waals surface area contributed by atoms with Crippen LogP contribution < -0.4 is 11.1 Å². The van der Waals surface area contributed by atoms with Gasteiger partial charge in [-0.1, -0.05) is 17.8 Å². The molecule has 1 aromatic carbocycles. The van der Waals surface area contributed by atoms with Crippen molar-refractivity contribution in [2.75, 3.05) is 5.43 Å². The van der Waals surface area contributed by atoms with E-state index in [1.54, 1.807) is 6.07 Å². The molecule has 0 unspecified atom stereocenters. The van der Waals surface area contributed by atoms with Gasteiger partial charge in [-0.05, 0) is 24.6 Å². The fourth-order valence-corrected chi connectivity index (χ4v) is 0.777. The molecule has 0 amide bonds. The molecule has 0 fully saturated rings. The van der Waals surface area contributed by atoms with Crippen LogP contribution in [0.2, 0.25) is 0 Å². The van der Waals surface area contributed by atoms with E-state index in [-0.39, 0.29) is 0 Å². The number of benzene rings is 1. The fourth-order valence-electron chi connectivity index (χ4n) is 0.777. The molecule has 1 rings (SSSR count). The predicted molar refractivity (Wildman–Crippen MR) is 39.0 cm³/mol. The van der Waals surface area contributed by atoms with Crippen molar-refractivity contribution in [1.82, 2.24) is 5.65 Å². The Bertz CT molecular complexity index is 213. The molecule has 10 heavy (non-hydrogen) atoms. The SMILES string of the molecule is Cc1cccc(NNF)c1. The van der Waals surface area contributed by atoms with Crippen LogP contribution in [-0.2, 0) is 0 Å². The van der Waals surface area contributed by atoms with Gasteiger partial charge in [0, 0.05) is 0 Å². The van der Waals surface area contributed by atoms with E-state index >= 15 is 0 Å². The lowest BCUT2D eigenvalue weighted by Gasteiger charge is -2.00. The summed E-state index contributed by atoms with van der Waals surface area (Å²) in [6, 6.07) is 7.42. The van der Waals surface area contributed by atoms with Crippen LogP contribution in [0.4, 0.5) is 10.2 Å². The van der Waals surface area contributed by atoms with E-state index in [2.05, 4.69) is 5.43 Å². The summed E-state index contributed by atoms with van der Waals surface area (Å²) in [6.45, 7) is 1.95. The van der Waals surface area contributed by atoms with Gasteiger partial charge in [-0.15, -0.1) is 4.48 Å². The second-order valence-electron chi connectivity index (χ2n) is 2.09. The second-order valence-corrected chi connectivity index (χ2v) is 2.09. The molecule has 0 aliphatic carbocycles. The minimum Gasteiger partial charge on any atom is -0.295 e. The summed E-state index contributed by atoms with van der Waals surface area (Å²) in [6.07, 6.45) is 0. The van der Waals surface area contributed by atoms with Crippen molar-refractivity contribution < 1.29 is 4.48 Å². The first-order valence-corrected chi connectivity index (χ1v) is 3.01. The summed E-state index contributed by atoms with van der Waals surface area (Å²) in [5.74, 6) is 0. The Morgan fingerprint density at radius 2 is 2.20 bits per heavy atom. The van der Waals surface area contributed by atoms with Gasteiger partial charge in [-0.3, -0.25) is 5.43 Å². The number of hydrogen-bond acceptors (Lipinski definition) is 2. The van der Waals surface area contributed by atoms with Gasteiger partial charge >= 0.3 is 0 Å². The number of hydrogen-bond donors (Lipinski definition) is 2. The standard InChI is InChI=1S/C7H9FN2/c1-6-3-2-4-7(5-6)9-10-8/h2-5,9-10H,1H3. The first-order chi connectivity index (χ1) is 4.83. The lowest BCUT2D eigenvalue weighted by atomic mass is 10.2. The smallest absolute Gasteiger partial charge is 0.0515 e. The molecule has 0 saturated heterocycles. The molecule has 3 heteroatoms. The number of hydrazine groups is 1. The van der Waals surface area contributed by atoms with Gasteiger partial charge in [0.25, 0.3) is 0 Å². The molecule has 0 heterocycles. The van der Waals surface area contributed by atoms with E-state index in [1.165, 1.54) is 5.65 Å². The van der Waals surface area contributed by atoms with E-state index in [0.29, 0.717) is 0 Å². The van der Waals surface area contributed by atoms with Crippen LogP contribution in [-0.4, -0.2) is 0 Å². The number of nitrogens with one attached hydrogen (secondary N) is 2. The number of anilines is 1. The van der Waals surface area contributed by atoms with E-state index < -0.39 is 0 Å². The minimum atomic E-state index is 0.725. The fraction of sp³-hybridized carbons (Fsp3) is 0.143. The average Bonchev–Trinajstić information content (AvgIpc) is 1.88. The van der Waals surface area contributed by atoms with Gasteiger partial charge in [-0.25, -0.2) is 0 Å². The Kier molecular flexibility index (Phi) is 2.23. The lowest BCUT2D eigenvalue weighted by Crippen LogP contribution is -2.09. The Labute approximate surface area is 59.0 Å². The van der Waals surface area contributed by atoms with Crippen molar-refractivity contribution in [2.24, 2.45) is 0 Å². The van der Waals surface area contributed by atoms with Gasteiger partial charge in [0.2, 0.25) is 0 Å². The Balaban J connectivity index is 2.75. The highest BCUT2D eigenvalue weighted by atomic mass is 19.2. The van der Waals surface area contributed by atoms with Crippen LogP contribution in [0.15, 0.2) is 24.3 Å². The van der Waals surface area contributed by atoms with Gasteiger partial charge in [0.15, 0.2) is 0 Å². The van der Waals surface area contributed by atoms with E-state index in [0.717, 1.165) is 11.3 Å². The van der Waals surface area contributed by atoms with Crippen LogP contribution in [0, 0.1) is 6.92 Å². The van der Waals surface area contributed by atoms with Crippen LogP contribution in [0.1, 0.15) is 5.56 Å². The van der Waals surface area contributed by atoms with Crippen molar-refractivity contribution in [3.05, 3.63) is 29.8 Å². The second kappa shape index (κ2) is 3.17. The molecule has 0 bridgehead atoms. The molecular weight excluding hydrogens is 131 g/mol. The summed E-state index contributed by atoms with van der Waals surface area (Å²) in [5, 5.41) is 0. The molecule has 2 nitrogen and oxygen atoms in total. The van der Waals surface area contributed by atoms with Crippen LogP contribution in [0.5, 0.6) is 0 Å². The average molecular weight is 140 g/mol. The Morgan fingerprint density at radius 3 is 2.80 bits per heavy atom. The third kappa shape index (κ3) is 1.70. The largest absolute Gasteiger partial charge is 0.295 e. The summed E-state index contributed by atoms with van der Waals surface area (Å²) < 4.78 is 11.4. The van der Waals surface area contributed by atoms with Gasteiger partial charge < -0.3 is 0 Å². The van der Waals surface area contributed by atoms with E-state index in [4.69, 9.17) is 0 Å². The number of rotatable bonds is 2.